The molecule has 0 unspecified atom stereocenters. The van der Waals surface area contributed by atoms with Gasteiger partial charge in [-0.2, -0.15) is 0 Å². The summed E-state index contributed by atoms with van der Waals surface area (Å²) in [7, 11) is 0. The fraction of sp³-hybridized carbons (Fsp3) is 0.182. The molecule has 0 saturated heterocycles. The Hall–Kier alpha value is -2.91. The summed E-state index contributed by atoms with van der Waals surface area (Å²) < 4.78 is 2.79. The number of thioether (sulfide) groups is 1. The largest absolute Gasteiger partial charge is 0.342 e. The lowest BCUT2D eigenvalue weighted by atomic mass is 10.2. The molecule has 2 aromatic carbocycles. The Labute approximate surface area is 193 Å². The number of benzene rings is 2. The summed E-state index contributed by atoms with van der Waals surface area (Å²) in [6.07, 6.45) is 1.73. The zero-order valence-corrected chi connectivity index (χ0v) is 19.3. The molecule has 0 spiro atoms. The van der Waals surface area contributed by atoms with Crippen molar-refractivity contribution in [2.75, 3.05) is 11.1 Å². The van der Waals surface area contributed by atoms with E-state index < -0.39 is 0 Å². The van der Waals surface area contributed by atoms with Gasteiger partial charge >= 0.3 is 0 Å². The third-order valence-corrected chi connectivity index (χ3v) is 5.78. The number of rotatable bonds is 9. The molecule has 0 aliphatic rings. The van der Waals surface area contributed by atoms with Crippen LogP contribution in [0.25, 0.3) is 0 Å². The molecule has 2 N–H and O–H groups in total. The molecule has 3 rings (SSSR count). The lowest BCUT2D eigenvalue weighted by molar-refractivity contribution is -0.113. The number of nitrogens with one attached hydrogen (secondary N) is 2. The second-order valence-electron chi connectivity index (χ2n) is 6.64. The van der Waals surface area contributed by atoms with Gasteiger partial charge in [0.1, 0.15) is 0 Å². The van der Waals surface area contributed by atoms with Crippen LogP contribution in [0.4, 0.5) is 5.69 Å². The number of hydrogen-bond acceptors (Lipinski definition) is 5. The standard InChI is InChI=1S/C22H22BrN5O2S/c1-3-13-28-20(15(2)24-21(30)16-7-5-4-6-8-16)26-27-22(28)31-14-19(29)25-18-11-9-17(23)10-12-18/h3-12,15H,1,13-14H2,2H3,(H,24,30)(H,25,29)/t15-/m1/s1. The number of nitrogens with zero attached hydrogens (tertiary/aromatic N) is 3. The number of anilines is 1. The first-order valence-corrected chi connectivity index (χ1v) is 11.3. The van der Waals surface area contributed by atoms with E-state index in [0.29, 0.717) is 23.1 Å². The highest BCUT2D eigenvalue weighted by Gasteiger charge is 2.20. The Bertz CT molecular complexity index is 1050. The number of carbonyl (C=O) groups is 2. The van der Waals surface area contributed by atoms with Crippen molar-refractivity contribution in [3.05, 3.63) is 83.1 Å². The van der Waals surface area contributed by atoms with Crippen molar-refractivity contribution in [1.29, 1.82) is 0 Å². The number of hydrogen-bond donors (Lipinski definition) is 2. The lowest BCUT2D eigenvalue weighted by Gasteiger charge is -2.15. The van der Waals surface area contributed by atoms with Gasteiger partial charge in [0.2, 0.25) is 5.91 Å². The molecule has 0 bridgehead atoms. The number of carbonyl (C=O) groups excluding carboxylic acids is 2. The highest BCUT2D eigenvalue weighted by Crippen LogP contribution is 2.22. The van der Waals surface area contributed by atoms with Crippen molar-refractivity contribution in [2.45, 2.75) is 24.7 Å². The predicted molar refractivity (Wildman–Crippen MR) is 126 cm³/mol. The number of amides is 2. The summed E-state index contributed by atoms with van der Waals surface area (Å²) in [6, 6.07) is 16.0. The third-order valence-electron chi connectivity index (χ3n) is 4.29. The van der Waals surface area contributed by atoms with E-state index in [1.54, 1.807) is 18.2 Å². The number of allylic oxidation sites excluding steroid dienone is 1. The molecule has 0 saturated carbocycles. The minimum Gasteiger partial charge on any atom is -0.342 e. The topological polar surface area (TPSA) is 88.9 Å². The number of halogens is 1. The van der Waals surface area contributed by atoms with Gasteiger partial charge in [0.15, 0.2) is 11.0 Å². The van der Waals surface area contributed by atoms with Crippen molar-refractivity contribution in [3.8, 4) is 0 Å². The second-order valence-corrected chi connectivity index (χ2v) is 8.50. The average Bonchev–Trinajstić information content (AvgIpc) is 3.17. The Balaban J connectivity index is 1.65. The molecule has 7 nitrogen and oxygen atoms in total. The van der Waals surface area contributed by atoms with E-state index in [9.17, 15) is 9.59 Å². The summed E-state index contributed by atoms with van der Waals surface area (Å²) in [5.41, 5.74) is 1.29. The molecule has 3 aromatic rings. The van der Waals surface area contributed by atoms with Gasteiger partial charge < -0.3 is 15.2 Å². The quantitative estimate of drug-likeness (QED) is 0.335. The van der Waals surface area contributed by atoms with Gasteiger partial charge in [0.25, 0.3) is 5.91 Å². The molecule has 0 fully saturated rings. The molecule has 1 aromatic heterocycles. The van der Waals surface area contributed by atoms with Crippen LogP contribution in [-0.4, -0.2) is 32.3 Å². The van der Waals surface area contributed by atoms with E-state index >= 15 is 0 Å². The molecule has 0 aliphatic heterocycles. The van der Waals surface area contributed by atoms with Gasteiger partial charge in [0.05, 0.1) is 11.8 Å². The maximum absolute atomic E-state index is 12.5. The first kappa shape index (κ1) is 22.8. The molecule has 1 atom stereocenters. The molecular weight excluding hydrogens is 478 g/mol. The summed E-state index contributed by atoms with van der Waals surface area (Å²) in [6.45, 7) is 6.10. The van der Waals surface area contributed by atoms with E-state index in [4.69, 9.17) is 0 Å². The van der Waals surface area contributed by atoms with Crippen molar-refractivity contribution in [3.63, 3.8) is 0 Å². The van der Waals surface area contributed by atoms with Crippen molar-refractivity contribution in [2.24, 2.45) is 0 Å². The van der Waals surface area contributed by atoms with E-state index in [2.05, 4.69) is 43.3 Å². The summed E-state index contributed by atoms with van der Waals surface area (Å²) in [5.74, 6) is 0.438. The Morgan fingerprint density at radius 2 is 1.87 bits per heavy atom. The van der Waals surface area contributed by atoms with Gasteiger partial charge in [-0.25, -0.2) is 0 Å². The average molecular weight is 500 g/mol. The van der Waals surface area contributed by atoms with E-state index in [0.717, 1.165) is 10.2 Å². The van der Waals surface area contributed by atoms with Crippen molar-refractivity contribution >= 4 is 45.2 Å². The van der Waals surface area contributed by atoms with Gasteiger partial charge in [-0.1, -0.05) is 52.0 Å². The van der Waals surface area contributed by atoms with Crippen molar-refractivity contribution in [1.82, 2.24) is 20.1 Å². The maximum atomic E-state index is 12.5. The smallest absolute Gasteiger partial charge is 0.251 e. The minimum atomic E-state index is -0.369. The Morgan fingerprint density at radius 3 is 2.55 bits per heavy atom. The van der Waals surface area contributed by atoms with Crippen LogP contribution in [0.3, 0.4) is 0 Å². The van der Waals surface area contributed by atoms with Crippen molar-refractivity contribution < 1.29 is 9.59 Å². The predicted octanol–water partition coefficient (Wildman–Crippen LogP) is 4.45. The van der Waals surface area contributed by atoms with Crippen LogP contribution in [0.15, 0.2) is 76.9 Å². The minimum absolute atomic E-state index is 0.146. The third kappa shape index (κ3) is 6.28. The van der Waals surface area contributed by atoms with Crippen LogP contribution in [0.2, 0.25) is 0 Å². The SMILES string of the molecule is C=CCn1c(SCC(=O)Nc2ccc(Br)cc2)nnc1[C@@H](C)NC(=O)c1ccccc1. The van der Waals surface area contributed by atoms with Gasteiger partial charge in [0, 0.05) is 22.3 Å². The fourth-order valence-corrected chi connectivity index (χ4v) is 3.84. The normalized spacial score (nSPS) is 11.5. The summed E-state index contributed by atoms with van der Waals surface area (Å²) in [4.78, 5) is 24.8. The van der Waals surface area contributed by atoms with E-state index in [1.807, 2.05) is 54.0 Å². The van der Waals surface area contributed by atoms with Crippen LogP contribution < -0.4 is 10.6 Å². The zero-order chi connectivity index (χ0) is 22.2. The molecule has 160 valence electrons. The second kappa shape index (κ2) is 10.9. The first-order valence-electron chi connectivity index (χ1n) is 9.56. The maximum Gasteiger partial charge on any atom is 0.251 e. The van der Waals surface area contributed by atoms with Crippen LogP contribution in [0.5, 0.6) is 0 Å². The molecular formula is C22H22BrN5O2S. The van der Waals surface area contributed by atoms with E-state index in [1.165, 1.54) is 11.8 Å². The van der Waals surface area contributed by atoms with E-state index in [-0.39, 0.29) is 23.6 Å². The molecule has 0 aliphatic carbocycles. The van der Waals surface area contributed by atoms with Crippen LogP contribution in [0.1, 0.15) is 29.1 Å². The molecule has 9 heteroatoms. The Kier molecular flexibility index (Phi) is 8.02. The first-order chi connectivity index (χ1) is 15.0. The van der Waals surface area contributed by atoms with Crippen LogP contribution in [0, 0.1) is 0 Å². The molecule has 1 heterocycles. The molecule has 0 radical (unpaired) electrons. The summed E-state index contributed by atoms with van der Waals surface area (Å²) >= 11 is 4.65. The zero-order valence-electron chi connectivity index (χ0n) is 16.9. The van der Waals surface area contributed by atoms with Gasteiger partial charge in [-0.05, 0) is 43.3 Å². The summed E-state index contributed by atoms with van der Waals surface area (Å²) in [5, 5.41) is 14.8. The number of aromatic nitrogens is 3. The van der Waals surface area contributed by atoms with Gasteiger partial charge in [-0.3, -0.25) is 9.59 Å². The fourth-order valence-electron chi connectivity index (χ4n) is 2.82. The van der Waals surface area contributed by atoms with Gasteiger partial charge in [-0.15, -0.1) is 16.8 Å². The van der Waals surface area contributed by atoms with Crippen LogP contribution in [-0.2, 0) is 11.3 Å². The highest BCUT2D eigenvalue weighted by atomic mass is 79.9. The molecule has 2 amide bonds. The monoisotopic (exact) mass is 499 g/mol. The highest BCUT2D eigenvalue weighted by molar-refractivity contribution is 9.10. The molecule has 31 heavy (non-hydrogen) atoms. The lowest BCUT2D eigenvalue weighted by Crippen LogP contribution is -2.28. The Morgan fingerprint density at radius 1 is 1.16 bits per heavy atom. The van der Waals surface area contributed by atoms with Crippen LogP contribution >= 0.6 is 27.7 Å².